The third-order valence-electron chi connectivity index (χ3n) is 2.21. The van der Waals surface area contributed by atoms with Crippen LogP contribution < -0.4 is 11.1 Å². The molecule has 0 spiro atoms. The molecule has 0 aromatic heterocycles. The highest BCUT2D eigenvalue weighted by Crippen LogP contribution is 2.01. The molecular weight excluding hydrogens is 180 g/mol. The van der Waals surface area contributed by atoms with Crippen LogP contribution in [0.4, 0.5) is 0 Å². The Morgan fingerprint density at radius 2 is 2.07 bits per heavy atom. The minimum atomic E-state index is -0.125. The van der Waals surface area contributed by atoms with E-state index in [0.29, 0.717) is 13.0 Å². The molecule has 0 saturated carbocycles. The quantitative estimate of drug-likeness (QED) is 0.518. The molecule has 0 unspecified atom stereocenters. The first-order chi connectivity index (χ1) is 6.61. The highest BCUT2D eigenvalue weighted by Gasteiger charge is 2.14. The van der Waals surface area contributed by atoms with Gasteiger partial charge in [0.25, 0.3) is 0 Å². The molecule has 0 saturated heterocycles. The molecule has 4 nitrogen and oxygen atoms in total. The summed E-state index contributed by atoms with van der Waals surface area (Å²) in [7, 11) is 0. The number of nitrogens with one attached hydrogen (secondary N) is 1. The fraction of sp³-hybridized carbons (Fsp3) is 0.900. The smallest absolute Gasteiger partial charge is 0.220 e. The third-order valence-corrected chi connectivity index (χ3v) is 2.21. The summed E-state index contributed by atoms with van der Waals surface area (Å²) in [6.45, 7) is 4.57. The van der Waals surface area contributed by atoms with Gasteiger partial charge in [-0.2, -0.15) is 0 Å². The largest absolute Gasteiger partial charge is 0.394 e. The molecule has 4 N–H and O–H groups in total. The second-order valence-corrected chi connectivity index (χ2v) is 3.85. The second-order valence-electron chi connectivity index (χ2n) is 3.85. The molecule has 0 aliphatic rings. The van der Waals surface area contributed by atoms with Crippen molar-refractivity contribution in [3.63, 3.8) is 0 Å². The lowest BCUT2D eigenvalue weighted by atomic mass is 10.1. The summed E-state index contributed by atoms with van der Waals surface area (Å²) in [5.74, 6) is 0.268. The molecule has 0 aliphatic carbocycles. The van der Waals surface area contributed by atoms with Gasteiger partial charge in [0, 0.05) is 6.42 Å². The topological polar surface area (TPSA) is 75.3 Å². The van der Waals surface area contributed by atoms with E-state index in [4.69, 9.17) is 10.8 Å². The van der Waals surface area contributed by atoms with Gasteiger partial charge in [0.2, 0.25) is 5.91 Å². The first-order valence-corrected chi connectivity index (χ1v) is 5.22. The van der Waals surface area contributed by atoms with Crippen LogP contribution in [0.25, 0.3) is 0 Å². The van der Waals surface area contributed by atoms with Gasteiger partial charge in [0.1, 0.15) is 0 Å². The van der Waals surface area contributed by atoms with Crippen molar-refractivity contribution in [2.24, 2.45) is 11.7 Å². The summed E-state index contributed by atoms with van der Waals surface area (Å²) in [5.41, 5.74) is 5.32. The maximum absolute atomic E-state index is 11.3. The maximum atomic E-state index is 11.3. The van der Waals surface area contributed by atoms with Crippen molar-refractivity contribution >= 4 is 5.91 Å². The van der Waals surface area contributed by atoms with Gasteiger partial charge in [-0.3, -0.25) is 4.79 Å². The van der Waals surface area contributed by atoms with Gasteiger partial charge < -0.3 is 16.2 Å². The number of carbonyl (C=O) groups is 1. The van der Waals surface area contributed by atoms with Crippen molar-refractivity contribution in [3.8, 4) is 0 Å². The fourth-order valence-corrected chi connectivity index (χ4v) is 1.13. The molecule has 1 atom stereocenters. The molecule has 0 fully saturated rings. The summed E-state index contributed by atoms with van der Waals surface area (Å²) in [5, 5.41) is 11.8. The lowest BCUT2D eigenvalue weighted by molar-refractivity contribution is -0.122. The van der Waals surface area contributed by atoms with Crippen molar-refractivity contribution in [2.75, 3.05) is 13.2 Å². The number of hydrogen-bond acceptors (Lipinski definition) is 3. The number of aliphatic hydroxyl groups excluding tert-OH is 1. The number of rotatable bonds is 7. The zero-order chi connectivity index (χ0) is 11.0. The molecule has 4 heteroatoms. The van der Waals surface area contributed by atoms with E-state index in [1.807, 2.05) is 13.8 Å². The summed E-state index contributed by atoms with van der Waals surface area (Å²) >= 11 is 0. The Morgan fingerprint density at radius 1 is 1.43 bits per heavy atom. The second kappa shape index (κ2) is 7.76. The Hall–Kier alpha value is -0.610. The van der Waals surface area contributed by atoms with Crippen LogP contribution in [0.5, 0.6) is 0 Å². The summed E-state index contributed by atoms with van der Waals surface area (Å²) in [6.07, 6.45) is 2.19. The zero-order valence-corrected chi connectivity index (χ0v) is 9.12. The molecule has 0 aliphatic heterocycles. The highest BCUT2D eigenvalue weighted by molar-refractivity contribution is 5.76. The molecule has 0 radical (unpaired) electrons. The van der Waals surface area contributed by atoms with Crippen molar-refractivity contribution < 1.29 is 9.90 Å². The van der Waals surface area contributed by atoms with Crippen LogP contribution in [-0.4, -0.2) is 30.2 Å². The van der Waals surface area contributed by atoms with Crippen LogP contribution in [0.2, 0.25) is 0 Å². The predicted octanol–water partition coefficient (Wildman–Crippen LogP) is 0.249. The van der Waals surface area contributed by atoms with E-state index in [1.165, 1.54) is 0 Å². The number of nitrogens with two attached hydrogens (primary N) is 1. The molecule has 0 aromatic rings. The van der Waals surface area contributed by atoms with Gasteiger partial charge in [0.15, 0.2) is 0 Å². The first-order valence-electron chi connectivity index (χ1n) is 5.22. The molecule has 0 rings (SSSR count). The lowest BCUT2D eigenvalue weighted by Crippen LogP contribution is -2.41. The lowest BCUT2D eigenvalue weighted by Gasteiger charge is -2.19. The molecule has 0 bridgehead atoms. The summed E-state index contributed by atoms with van der Waals surface area (Å²) in [6, 6.07) is -0.125. The molecule has 84 valence electrons. The van der Waals surface area contributed by atoms with Crippen molar-refractivity contribution in [1.82, 2.24) is 5.32 Å². The Bertz CT molecular complexity index is 160. The van der Waals surface area contributed by atoms with Crippen LogP contribution >= 0.6 is 0 Å². The molecular formula is C10H22N2O2. The first kappa shape index (κ1) is 13.4. The highest BCUT2D eigenvalue weighted by atomic mass is 16.3. The van der Waals surface area contributed by atoms with Crippen molar-refractivity contribution in [3.05, 3.63) is 0 Å². The number of aliphatic hydroxyl groups is 1. The Morgan fingerprint density at radius 3 is 2.50 bits per heavy atom. The van der Waals surface area contributed by atoms with E-state index in [-0.39, 0.29) is 24.5 Å². The fourth-order valence-electron chi connectivity index (χ4n) is 1.13. The predicted molar refractivity (Wildman–Crippen MR) is 56.8 cm³/mol. The van der Waals surface area contributed by atoms with Gasteiger partial charge in [0.05, 0.1) is 12.6 Å². The molecule has 14 heavy (non-hydrogen) atoms. The van der Waals surface area contributed by atoms with E-state index >= 15 is 0 Å². The van der Waals surface area contributed by atoms with Crippen LogP contribution in [0.1, 0.15) is 33.1 Å². The van der Waals surface area contributed by atoms with Gasteiger partial charge in [-0.05, 0) is 25.3 Å². The Balaban J connectivity index is 3.68. The molecule has 1 amide bonds. The van der Waals surface area contributed by atoms with Crippen LogP contribution in [0, 0.1) is 5.92 Å². The SMILES string of the molecule is CC(C)[C@@H](CO)NC(=O)CCCCN. The molecule has 0 aromatic carbocycles. The average Bonchev–Trinajstić information content (AvgIpc) is 2.14. The van der Waals surface area contributed by atoms with Crippen LogP contribution in [0.15, 0.2) is 0 Å². The molecule has 0 heterocycles. The standard InChI is InChI=1S/C10H22N2O2/c1-8(2)9(7-13)12-10(14)5-3-4-6-11/h8-9,13H,3-7,11H2,1-2H3,(H,12,14)/t9-/m1/s1. The summed E-state index contributed by atoms with van der Waals surface area (Å²) in [4.78, 5) is 11.3. The van der Waals surface area contributed by atoms with Crippen molar-refractivity contribution in [1.29, 1.82) is 0 Å². The minimum Gasteiger partial charge on any atom is -0.394 e. The van der Waals surface area contributed by atoms with E-state index in [2.05, 4.69) is 5.32 Å². The van der Waals surface area contributed by atoms with Gasteiger partial charge in [-0.15, -0.1) is 0 Å². The van der Waals surface area contributed by atoms with Gasteiger partial charge in [-0.25, -0.2) is 0 Å². The third kappa shape index (κ3) is 5.94. The number of hydrogen-bond donors (Lipinski definition) is 3. The van der Waals surface area contributed by atoms with Crippen molar-refractivity contribution in [2.45, 2.75) is 39.2 Å². The normalized spacial score (nSPS) is 12.9. The maximum Gasteiger partial charge on any atom is 0.220 e. The number of unbranched alkanes of at least 4 members (excludes halogenated alkanes) is 1. The number of amides is 1. The zero-order valence-electron chi connectivity index (χ0n) is 9.12. The Labute approximate surface area is 85.9 Å². The monoisotopic (exact) mass is 202 g/mol. The average molecular weight is 202 g/mol. The van der Waals surface area contributed by atoms with Gasteiger partial charge in [-0.1, -0.05) is 13.8 Å². The number of carbonyl (C=O) groups excluding carboxylic acids is 1. The minimum absolute atomic E-state index is 0.000293. The van der Waals surface area contributed by atoms with E-state index in [1.54, 1.807) is 0 Å². The van der Waals surface area contributed by atoms with E-state index in [0.717, 1.165) is 12.8 Å². The van der Waals surface area contributed by atoms with Crippen LogP contribution in [-0.2, 0) is 4.79 Å². The van der Waals surface area contributed by atoms with E-state index < -0.39 is 0 Å². The van der Waals surface area contributed by atoms with Gasteiger partial charge >= 0.3 is 0 Å². The van der Waals surface area contributed by atoms with Crippen LogP contribution in [0.3, 0.4) is 0 Å². The Kier molecular flexibility index (Phi) is 7.42. The summed E-state index contributed by atoms with van der Waals surface area (Å²) < 4.78 is 0. The van der Waals surface area contributed by atoms with E-state index in [9.17, 15) is 4.79 Å².